The summed E-state index contributed by atoms with van der Waals surface area (Å²) in [4.78, 5) is 11.3. The first-order valence-corrected chi connectivity index (χ1v) is 6.60. The quantitative estimate of drug-likeness (QED) is 0.681. The zero-order valence-corrected chi connectivity index (χ0v) is 10.9. The molecule has 2 N–H and O–H groups in total. The van der Waals surface area contributed by atoms with E-state index in [0.717, 1.165) is 11.3 Å². The number of anilines is 1. The molecule has 2 aromatic heterocycles. The lowest BCUT2D eigenvalue weighted by atomic mass is 10.7. The summed E-state index contributed by atoms with van der Waals surface area (Å²) >= 11 is 6.75. The van der Waals surface area contributed by atoms with E-state index in [1.54, 1.807) is 0 Å². The second-order valence-corrected chi connectivity index (χ2v) is 5.39. The number of hydrogen-bond acceptors (Lipinski definition) is 8. The van der Waals surface area contributed by atoms with Crippen LogP contribution in [-0.2, 0) is 11.1 Å². The number of rotatable bonds is 4. The first kappa shape index (κ1) is 13.3. The molecule has 0 bridgehead atoms. The average Bonchev–Trinajstić information content (AvgIpc) is 2.74. The highest BCUT2D eigenvalue weighted by Gasteiger charge is 2.32. The highest BCUT2D eigenvalue weighted by molar-refractivity contribution is 7.98. The van der Waals surface area contributed by atoms with Gasteiger partial charge in [-0.05, 0) is 11.6 Å². The molecule has 18 heavy (non-hydrogen) atoms. The van der Waals surface area contributed by atoms with Crippen LogP contribution >= 0.6 is 34.7 Å². The molecule has 0 aromatic carbocycles. The fourth-order valence-electron chi connectivity index (χ4n) is 0.915. The van der Waals surface area contributed by atoms with Crippen LogP contribution in [0.5, 0.6) is 0 Å². The van der Waals surface area contributed by atoms with Crippen LogP contribution in [-0.4, -0.2) is 25.1 Å². The van der Waals surface area contributed by atoms with Crippen LogP contribution in [0.15, 0.2) is 11.5 Å². The van der Waals surface area contributed by atoms with Gasteiger partial charge in [0.15, 0.2) is 5.16 Å². The molecule has 0 fully saturated rings. The number of hydrogen-bond donors (Lipinski definition) is 1. The van der Waals surface area contributed by atoms with Gasteiger partial charge in [-0.2, -0.15) is 13.8 Å². The zero-order valence-electron chi connectivity index (χ0n) is 8.55. The third-order valence-corrected chi connectivity index (χ3v) is 3.94. The maximum atomic E-state index is 12.7. The van der Waals surface area contributed by atoms with Crippen molar-refractivity contribution in [2.24, 2.45) is 0 Å². The van der Waals surface area contributed by atoms with E-state index in [4.69, 9.17) is 17.3 Å². The van der Waals surface area contributed by atoms with Crippen molar-refractivity contribution in [1.82, 2.24) is 25.1 Å². The van der Waals surface area contributed by atoms with Crippen LogP contribution < -0.4 is 5.73 Å². The molecule has 2 rings (SSSR count). The van der Waals surface area contributed by atoms with E-state index in [0.29, 0.717) is 15.9 Å². The summed E-state index contributed by atoms with van der Waals surface area (Å²) in [6.45, 7) is 0. The largest absolute Gasteiger partial charge is 0.375 e. The summed E-state index contributed by atoms with van der Waals surface area (Å²) in [5.41, 5.74) is 5.37. The Morgan fingerprint density at radius 2 is 2.17 bits per heavy atom. The highest BCUT2D eigenvalue weighted by Crippen LogP contribution is 2.35. The monoisotopic (exact) mass is 310 g/mol. The van der Waals surface area contributed by atoms with Gasteiger partial charge in [0.1, 0.15) is 11.3 Å². The van der Waals surface area contributed by atoms with E-state index >= 15 is 0 Å². The molecule has 0 atom stereocenters. The average molecular weight is 311 g/mol. The molecule has 0 spiro atoms. The summed E-state index contributed by atoms with van der Waals surface area (Å²) in [5, 5.41) is 3.68. The molecule has 2 heterocycles. The number of alkyl halides is 3. The van der Waals surface area contributed by atoms with Crippen molar-refractivity contribution in [2.75, 3.05) is 5.73 Å². The van der Waals surface area contributed by atoms with Crippen molar-refractivity contribution in [3.8, 4) is 0 Å². The van der Waals surface area contributed by atoms with Crippen molar-refractivity contribution in [3.63, 3.8) is 0 Å². The number of aromatic nitrogens is 5. The molecule has 0 radical (unpaired) electrons. The maximum absolute atomic E-state index is 12.7. The van der Waals surface area contributed by atoms with Gasteiger partial charge in [0.05, 0.1) is 5.75 Å². The van der Waals surface area contributed by atoms with Crippen molar-refractivity contribution in [1.29, 1.82) is 0 Å². The molecule has 11 heteroatoms. The van der Waals surface area contributed by atoms with Crippen LogP contribution in [0, 0.1) is 0 Å². The standard InChI is InChI=1S/C7H5ClF2N6S2/c8-7(9,10)4-16-15-3(18-4)1-17-6-13-2-12-5(11)14-6/h2H,1H2,(H2,11,12,13,14). The molecule has 0 amide bonds. The van der Waals surface area contributed by atoms with Gasteiger partial charge in [-0.1, -0.05) is 23.1 Å². The molecule has 0 aliphatic carbocycles. The van der Waals surface area contributed by atoms with Crippen LogP contribution in [0.25, 0.3) is 0 Å². The van der Waals surface area contributed by atoms with Gasteiger partial charge in [-0.3, -0.25) is 0 Å². The summed E-state index contributed by atoms with van der Waals surface area (Å²) < 4.78 is 25.4. The third-order valence-electron chi connectivity index (χ3n) is 1.60. The molecule has 0 saturated heterocycles. The topological polar surface area (TPSA) is 90.5 Å². The third kappa shape index (κ3) is 3.43. The lowest BCUT2D eigenvalue weighted by Gasteiger charge is -1.99. The molecule has 2 aromatic rings. The fourth-order valence-corrected chi connectivity index (χ4v) is 2.57. The van der Waals surface area contributed by atoms with E-state index in [2.05, 4.69) is 25.1 Å². The predicted molar refractivity (Wildman–Crippen MR) is 63.5 cm³/mol. The molecule has 0 saturated carbocycles. The van der Waals surface area contributed by atoms with Crippen LogP contribution in [0.1, 0.15) is 10.0 Å². The Hall–Kier alpha value is -1.13. The van der Waals surface area contributed by atoms with Crippen LogP contribution in [0.2, 0.25) is 0 Å². The Morgan fingerprint density at radius 1 is 1.39 bits per heavy atom. The Kier molecular flexibility index (Phi) is 3.88. The lowest BCUT2D eigenvalue weighted by molar-refractivity contribution is 0.0939. The summed E-state index contributed by atoms with van der Waals surface area (Å²) in [7, 11) is 0. The normalized spacial score (nSPS) is 11.7. The maximum Gasteiger partial charge on any atom is 0.375 e. The molecule has 0 unspecified atom stereocenters. The van der Waals surface area contributed by atoms with Crippen LogP contribution in [0.4, 0.5) is 14.7 Å². The number of halogens is 3. The van der Waals surface area contributed by atoms with Crippen molar-refractivity contribution < 1.29 is 8.78 Å². The Labute approximate surface area is 113 Å². The molecular formula is C7H5ClF2N6S2. The summed E-state index contributed by atoms with van der Waals surface area (Å²) in [6, 6.07) is 0. The van der Waals surface area contributed by atoms with Crippen molar-refractivity contribution >= 4 is 40.6 Å². The number of nitrogen functional groups attached to an aromatic ring is 1. The Morgan fingerprint density at radius 3 is 2.78 bits per heavy atom. The van der Waals surface area contributed by atoms with Crippen molar-refractivity contribution in [3.05, 3.63) is 16.3 Å². The SMILES string of the molecule is Nc1ncnc(SCc2nnc(C(F)(F)Cl)s2)n1. The zero-order chi connectivity index (χ0) is 13.2. The highest BCUT2D eigenvalue weighted by atomic mass is 35.5. The van der Waals surface area contributed by atoms with E-state index in [1.165, 1.54) is 18.1 Å². The Balaban J connectivity index is 2.01. The number of thioether (sulfide) groups is 1. The summed E-state index contributed by atoms with van der Waals surface area (Å²) in [5.74, 6) is 0.395. The lowest BCUT2D eigenvalue weighted by Crippen LogP contribution is -2.01. The van der Waals surface area contributed by atoms with Gasteiger partial charge < -0.3 is 5.73 Å². The number of nitrogens with two attached hydrogens (primary N) is 1. The smallest absolute Gasteiger partial charge is 0.368 e. The molecule has 96 valence electrons. The molecule has 0 aliphatic rings. The van der Waals surface area contributed by atoms with E-state index in [1.807, 2.05) is 0 Å². The predicted octanol–water partition coefficient (Wildman–Crippen LogP) is 1.89. The molecular weight excluding hydrogens is 306 g/mol. The van der Waals surface area contributed by atoms with Crippen LogP contribution in [0.3, 0.4) is 0 Å². The van der Waals surface area contributed by atoms with Gasteiger partial charge in [-0.15, -0.1) is 10.2 Å². The van der Waals surface area contributed by atoms with Gasteiger partial charge in [0.2, 0.25) is 11.0 Å². The summed E-state index contributed by atoms with van der Waals surface area (Å²) in [6.07, 6.45) is 1.27. The second kappa shape index (κ2) is 5.24. The minimum atomic E-state index is -3.49. The fraction of sp³-hybridized carbons (Fsp3) is 0.286. The first-order chi connectivity index (χ1) is 8.45. The van der Waals surface area contributed by atoms with Gasteiger partial charge in [0.25, 0.3) is 0 Å². The minimum absolute atomic E-state index is 0.0951. The number of nitrogens with zero attached hydrogens (tertiary/aromatic N) is 5. The minimum Gasteiger partial charge on any atom is -0.368 e. The van der Waals surface area contributed by atoms with Crippen molar-refractivity contribution in [2.45, 2.75) is 16.3 Å². The van der Waals surface area contributed by atoms with Gasteiger partial charge in [0, 0.05) is 0 Å². The molecule has 0 aliphatic heterocycles. The van der Waals surface area contributed by atoms with E-state index in [-0.39, 0.29) is 5.95 Å². The second-order valence-electron chi connectivity index (χ2n) is 2.91. The van der Waals surface area contributed by atoms with E-state index < -0.39 is 10.4 Å². The molecule has 6 nitrogen and oxygen atoms in total. The first-order valence-electron chi connectivity index (χ1n) is 4.42. The van der Waals surface area contributed by atoms with E-state index in [9.17, 15) is 8.78 Å². The Bertz CT molecular complexity index is 545. The van der Waals surface area contributed by atoms with Gasteiger partial charge >= 0.3 is 5.38 Å². The van der Waals surface area contributed by atoms with Gasteiger partial charge in [-0.25, -0.2) is 9.97 Å².